The largest absolute Gasteiger partial charge is 0.504 e. The summed E-state index contributed by atoms with van der Waals surface area (Å²) < 4.78 is 26.5. The molecule has 0 amide bonds. The summed E-state index contributed by atoms with van der Waals surface area (Å²) in [6.07, 6.45) is 3.31. The Kier molecular flexibility index (Phi) is 5.49. The van der Waals surface area contributed by atoms with E-state index in [1.54, 1.807) is 0 Å². The van der Waals surface area contributed by atoms with Gasteiger partial charge in [0, 0.05) is 11.6 Å². The first-order valence-corrected chi connectivity index (χ1v) is 11.1. The monoisotopic (exact) mass is 389 g/mol. The van der Waals surface area contributed by atoms with E-state index in [0.29, 0.717) is 12.0 Å². The molecule has 0 saturated heterocycles. The molecule has 0 bridgehead atoms. The Labute approximate surface area is 161 Å². The summed E-state index contributed by atoms with van der Waals surface area (Å²) in [5.41, 5.74) is 0.832. The summed E-state index contributed by atoms with van der Waals surface area (Å²) >= 11 is 0. The number of hydrogen-bond acceptors (Lipinski definition) is 5. The molecular formula is C21H27NO4S. The third-order valence-corrected chi connectivity index (χ3v) is 7.44. The SMILES string of the molecule is CCCCC1(CC)CS(=O)(=O)c2cc(O)c(O)cc2C(c2ccccc2)N1. The van der Waals surface area contributed by atoms with Crippen LogP contribution in [0, 0.1) is 0 Å². The van der Waals surface area contributed by atoms with Crippen molar-refractivity contribution in [3.05, 3.63) is 53.6 Å². The Hall–Kier alpha value is -2.05. The van der Waals surface area contributed by atoms with Gasteiger partial charge in [-0.3, -0.25) is 5.32 Å². The maximum atomic E-state index is 13.2. The van der Waals surface area contributed by atoms with Gasteiger partial charge in [-0.2, -0.15) is 0 Å². The van der Waals surface area contributed by atoms with E-state index in [2.05, 4.69) is 12.2 Å². The molecule has 0 aromatic heterocycles. The van der Waals surface area contributed by atoms with E-state index in [-0.39, 0.29) is 22.4 Å². The summed E-state index contributed by atoms with van der Waals surface area (Å²) in [5.74, 6) is -0.761. The number of nitrogens with one attached hydrogen (secondary N) is 1. The fraction of sp³-hybridized carbons (Fsp3) is 0.429. The van der Waals surface area contributed by atoms with E-state index in [1.165, 1.54) is 12.1 Å². The van der Waals surface area contributed by atoms with Crippen LogP contribution in [0.5, 0.6) is 11.5 Å². The Morgan fingerprint density at radius 3 is 2.41 bits per heavy atom. The molecule has 27 heavy (non-hydrogen) atoms. The minimum atomic E-state index is -3.64. The second-order valence-electron chi connectivity index (χ2n) is 7.36. The molecular weight excluding hydrogens is 362 g/mol. The van der Waals surface area contributed by atoms with Gasteiger partial charge in [0.05, 0.1) is 16.7 Å². The van der Waals surface area contributed by atoms with Gasteiger partial charge >= 0.3 is 0 Å². The standard InChI is InChI=1S/C21H27NO4S/c1-3-5-11-21(4-2)14-27(25,26)19-13-18(24)17(23)12-16(19)20(22-21)15-9-7-6-8-10-15/h6-10,12-13,20,22-24H,3-5,11,14H2,1-2H3. The fourth-order valence-corrected chi connectivity index (χ4v) is 6.03. The number of unbranched alkanes of at least 4 members (excludes halogenated alkanes) is 1. The van der Waals surface area contributed by atoms with Crippen LogP contribution in [0.15, 0.2) is 47.4 Å². The van der Waals surface area contributed by atoms with E-state index < -0.39 is 21.1 Å². The van der Waals surface area contributed by atoms with Crippen molar-refractivity contribution in [2.75, 3.05) is 5.75 Å². The number of fused-ring (bicyclic) bond motifs is 1. The Balaban J connectivity index is 2.24. The molecule has 146 valence electrons. The zero-order valence-electron chi connectivity index (χ0n) is 15.8. The van der Waals surface area contributed by atoms with Crippen LogP contribution in [-0.2, 0) is 9.84 Å². The molecule has 0 radical (unpaired) electrons. The zero-order valence-corrected chi connectivity index (χ0v) is 16.6. The van der Waals surface area contributed by atoms with Crippen LogP contribution in [0.25, 0.3) is 0 Å². The van der Waals surface area contributed by atoms with Crippen LogP contribution in [0.3, 0.4) is 0 Å². The lowest BCUT2D eigenvalue weighted by atomic mass is 9.88. The Morgan fingerprint density at radius 2 is 1.78 bits per heavy atom. The highest BCUT2D eigenvalue weighted by atomic mass is 32.2. The van der Waals surface area contributed by atoms with Gasteiger partial charge in [-0.25, -0.2) is 8.42 Å². The number of phenols is 2. The number of phenolic OH excluding ortho intramolecular Hbond substituents is 2. The number of sulfone groups is 1. The van der Waals surface area contributed by atoms with E-state index >= 15 is 0 Å². The van der Waals surface area contributed by atoms with Crippen molar-refractivity contribution >= 4 is 9.84 Å². The highest BCUT2D eigenvalue weighted by molar-refractivity contribution is 7.91. The molecule has 0 fully saturated rings. The summed E-state index contributed by atoms with van der Waals surface area (Å²) in [7, 11) is -3.64. The van der Waals surface area contributed by atoms with Gasteiger partial charge in [-0.05, 0) is 30.0 Å². The van der Waals surface area contributed by atoms with Crippen LogP contribution >= 0.6 is 0 Å². The highest BCUT2D eigenvalue weighted by Crippen LogP contribution is 2.42. The minimum Gasteiger partial charge on any atom is -0.504 e. The van der Waals surface area contributed by atoms with Gasteiger partial charge in [0.25, 0.3) is 0 Å². The minimum absolute atomic E-state index is 0.0307. The molecule has 0 aliphatic carbocycles. The van der Waals surface area contributed by atoms with Gasteiger partial charge in [-0.15, -0.1) is 0 Å². The van der Waals surface area contributed by atoms with E-state index in [9.17, 15) is 18.6 Å². The van der Waals surface area contributed by atoms with Crippen LogP contribution < -0.4 is 5.32 Å². The van der Waals surface area contributed by atoms with Gasteiger partial charge in [-0.1, -0.05) is 57.0 Å². The van der Waals surface area contributed by atoms with Gasteiger partial charge in [0.2, 0.25) is 0 Å². The van der Waals surface area contributed by atoms with E-state index in [0.717, 1.165) is 24.8 Å². The molecule has 1 aliphatic heterocycles. The number of benzene rings is 2. The molecule has 1 aliphatic rings. The first-order chi connectivity index (χ1) is 12.8. The third-order valence-electron chi connectivity index (χ3n) is 5.49. The molecule has 2 atom stereocenters. The second kappa shape index (κ2) is 7.52. The van der Waals surface area contributed by atoms with Crippen LogP contribution in [0.4, 0.5) is 0 Å². The number of aromatic hydroxyl groups is 2. The van der Waals surface area contributed by atoms with Crippen LogP contribution in [0.1, 0.15) is 56.7 Å². The van der Waals surface area contributed by atoms with Crippen molar-refractivity contribution in [1.82, 2.24) is 5.32 Å². The molecule has 0 spiro atoms. The van der Waals surface area contributed by atoms with Crippen molar-refractivity contribution in [1.29, 1.82) is 0 Å². The molecule has 1 heterocycles. The predicted molar refractivity (Wildman–Crippen MR) is 106 cm³/mol. The molecule has 2 aromatic carbocycles. The quantitative estimate of drug-likeness (QED) is 0.675. The average Bonchev–Trinajstić information content (AvgIpc) is 2.75. The van der Waals surface area contributed by atoms with Crippen molar-refractivity contribution in [3.8, 4) is 11.5 Å². The van der Waals surface area contributed by atoms with Crippen molar-refractivity contribution < 1.29 is 18.6 Å². The molecule has 6 heteroatoms. The summed E-state index contributed by atoms with van der Waals surface area (Å²) in [6.45, 7) is 4.10. The number of hydrogen-bond donors (Lipinski definition) is 3. The fourth-order valence-electron chi connectivity index (χ4n) is 3.88. The smallest absolute Gasteiger partial charge is 0.180 e. The average molecular weight is 390 g/mol. The van der Waals surface area contributed by atoms with Gasteiger partial charge in [0.1, 0.15) is 0 Å². The van der Waals surface area contributed by atoms with Crippen molar-refractivity contribution in [3.63, 3.8) is 0 Å². The maximum Gasteiger partial charge on any atom is 0.180 e. The predicted octanol–water partition coefficient (Wildman–Crippen LogP) is 3.90. The summed E-state index contributed by atoms with van der Waals surface area (Å²) in [4.78, 5) is 0.0889. The van der Waals surface area contributed by atoms with E-state index in [1.807, 2.05) is 37.3 Å². The van der Waals surface area contributed by atoms with E-state index in [4.69, 9.17) is 0 Å². The van der Waals surface area contributed by atoms with Crippen LogP contribution in [-0.4, -0.2) is 29.9 Å². The number of rotatable bonds is 5. The van der Waals surface area contributed by atoms with Gasteiger partial charge in [0.15, 0.2) is 21.3 Å². The molecule has 0 saturated carbocycles. The molecule has 3 N–H and O–H groups in total. The second-order valence-corrected chi connectivity index (χ2v) is 9.32. The summed E-state index contributed by atoms with van der Waals surface area (Å²) in [5, 5.41) is 23.6. The lowest BCUT2D eigenvalue weighted by Crippen LogP contribution is -2.50. The van der Waals surface area contributed by atoms with Crippen molar-refractivity contribution in [2.45, 2.75) is 56.0 Å². The van der Waals surface area contributed by atoms with Crippen LogP contribution in [0.2, 0.25) is 0 Å². The topological polar surface area (TPSA) is 86.6 Å². The lowest BCUT2D eigenvalue weighted by molar-refractivity contribution is 0.294. The normalized spacial score (nSPS) is 24.1. The molecule has 5 nitrogen and oxygen atoms in total. The molecule has 2 unspecified atom stereocenters. The first kappa shape index (κ1) is 19.7. The van der Waals surface area contributed by atoms with Crippen molar-refractivity contribution in [2.24, 2.45) is 0 Å². The Bertz CT molecular complexity index is 911. The summed E-state index contributed by atoms with van der Waals surface area (Å²) in [6, 6.07) is 11.8. The molecule has 2 aromatic rings. The highest BCUT2D eigenvalue weighted by Gasteiger charge is 2.42. The Morgan fingerprint density at radius 1 is 1.11 bits per heavy atom. The lowest BCUT2D eigenvalue weighted by Gasteiger charge is -2.35. The third kappa shape index (κ3) is 3.82. The molecule has 3 rings (SSSR count). The first-order valence-electron chi connectivity index (χ1n) is 9.43. The zero-order chi connectivity index (χ0) is 19.7. The van der Waals surface area contributed by atoms with Gasteiger partial charge < -0.3 is 10.2 Å². The maximum absolute atomic E-state index is 13.2.